The lowest BCUT2D eigenvalue weighted by Crippen LogP contribution is -2.41. The van der Waals surface area contributed by atoms with E-state index in [0.717, 1.165) is 31.5 Å². The molecule has 1 aliphatic heterocycles. The van der Waals surface area contributed by atoms with Gasteiger partial charge >= 0.3 is 5.97 Å². The molecule has 6 heteroatoms. The van der Waals surface area contributed by atoms with Crippen LogP contribution in [0, 0.1) is 11.6 Å². The highest BCUT2D eigenvalue weighted by Crippen LogP contribution is 2.20. The molecule has 1 saturated heterocycles. The molecule has 1 atom stereocenters. The molecule has 4 nitrogen and oxygen atoms in total. The number of halogens is 2. The number of carbonyl (C=O) groups is 1. The van der Waals surface area contributed by atoms with Crippen LogP contribution in [0.2, 0.25) is 0 Å². The van der Waals surface area contributed by atoms with Gasteiger partial charge in [0.15, 0.2) is 11.6 Å². The molecule has 20 heavy (non-hydrogen) atoms. The molecule has 0 spiro atoms. The van der Waals surface area contributed by atoms with Gasteiger partial charge in [0, 0.05) is 19.2 Å². The van der Waals surface area contributed by atoms with E-state index >= 15 is 0 Å². The van der Waals surface area contributed by atoms with E-state index in [1.54, 1.807) is 0 Å². The lowest BCUT2D eigenvalue weighted by Gasteiger charge is -2.32. The molecule has 1 unspecified atom stereocenters. The number of likely N-dealkylation sites (tertiary alicyclic amines) is 1. The summed E-state index contributed by atoms with van der Waals surface area (Å²) in [6.45, 7) is 1.92. The van der Waals surface area contributed by atoms with Gasteiger partial charge in [-0.25, -0.2) is 8.78 Å². The minimum absolute atomic E-state index is 0.0951. The second kappa shape index (κ2) is 6.65. The van der Waals surface area contributed by atoms with E-state index in [2.05, 4.69) is 0 Å². The normalized spacial score (nSPS) is 19.8. The molecular formula is C14H17F2NO3. The van der Waals surface area contributed by atoms with Gasteiger partial charge in [-0.2, -0.15) is 0 Å². The summed E-state index contributed by atoms with van der Waals surface area (Å²) in [5.74, 6) is -2.35. The Hall–Kier alpha value is -1.69. The van der Waals surface area contributed by atoms with Crippen LogP contribution < -0.4 is 4.74 Å². The standard InChI is InChI=1S/C14H17F2NO3/c15-12-4-3-10(8-13(12)16)20-11-2-1-6-17(9-11)7-5-14(18)19/h3-4,8,11H,1-2,5-7,9H2,(H,18,19). The molecule has 0 amide bonds. The maximum Gasteiger partial charge on any atom is 0.304 e. The van der Waals surface area contributed by atoms with E-state index in [-0.39, 0.29) is 12.5 Å². The van der Waals surface area contributed by atoms with E-state index in [1.807, 2.05) is 4.90 Å². The number of aliphatic carboxylic acids is 1. The first-order chi connectivity index (χ1) is 9.54. The number of hydrogen-bond acceptors (Lipinski definition) is 3. The molecule has 1 N–H and O–H groups in total. The lowest BCUT2D eigenvalue weighted by molar-refractivity contribution is -0.137. The third-order valence-corrected chi connectivity index (χ3v) is 3.30. The molecule has 1 aromatic rings. The highest BCUT2D eigenvalue weighted by Gasteiger charge is 2.21. The first-order valence-electron chi connectivity index (χ1n) is 6.60. The van der Waals surface area contributed by atoms with Gasteiger partial charge in [-0.05, 0) is 31.5 Å². The Kier molecular flexibility index (Phi) is 4.89. The van der Waals surface area contributed by atoms with Gasteiger partial charge in [0.1, 0.15) is 11.9 Å². The van der Waals surface area contributed by atoms with Crippen molar-refractivity contribution < 1.29 is 23.4 Å². The van der Waals surface area contributed by atoms with E-state index in [0.29, 0.717) is 18.8 Å². The third-order valence-electron chi connectivity index (χ3n) is 3.30. The number of rotatable bonds is 5. The quantitative estimate of drug-likeness (QED) is 0.901. The Balaban J connectivity index is 1.88. The van der Waals surface area contributed by atoms with Crippen LogP contribution in [-0.4, -0.2) is 41.7 Å². The van der Waals surface area contributed by atoms with Gasteiger partial charge in [0.2, 0.25) is 0 Å². The van der Waals surface area contributed by atoms with Crippen molar-refractivity contribution in [3.8, 4) is 5.75 Å². The predicted molar refractivity (Wildman–Crippen MR) is 68.7 cm³/mol. The average molecular weight is 285 g/mol. The van der Waals surface area contributed by atoms with Crippen LogP contribution in [0.3, 0.4) is 0 Å². The van der Waals surface area contributed by atoms with Crippen molar-refractivity contribution in [1.29, 1.82) is 0 Å². The van der Waals surface area contributed by atoms with Gasteiger partial charge in [-0.3, -0.25) is 9.69 Å². The monoisotopic (exact) mass is 285 g/mol. The van der Waals surface area contributed by atoms with Crippen LogP contribution in [0.25, 0.3) is 0 Å². The molecule has 0 bridgehead atoms. The highest BCUT2D eigenvalue weighted by molar-refractivity contribution is 5.66. The smallest absolute Gasteiger partial charge is 0.304 e. The highest BCUT2D eigenvalue weighted by atomic mass is 19.2. The van der Waals surface area contributed by atoms with Crippen LogP contribution in [0.1, 0.15) is 19.3 Å². The zero-order valence-electron chi connectivity index (χ0n) is 11.0. The van der Waals surface area contributed by atoms with Crippen molar-refractivity contribution >= 4 is 5.97 Å². The average Bonchev–Trinajstić information content (AvgIpc) is 2.41. The minimum Gasteiger partial charge on any atom is -0.489 e. The summed E-state index contributed by atoms with van der Waals surface area (Å²) in [6, 6.07) is 3.47. The minimum atomic E-state index is -0.930. The van der Waals surface area contributed by atoms with Gasteiger partial charge < -0.3 is 9.84 Å². The van der Waals surface area contributed by atoms with Crippen LogP contribution in [0.4, 0.5) is 8.78 Å². The number of carboxylic acid groups (broad SMARTS) is 1. The van der Waals surface area contributed by atoms with E-state index in [4.69, 9.17) is 9.84 Å². The molecule has 1 aromatic carbocycles. The van der Waals surface area contributed by atoms with Gasteiger partial charge in [0.05, 0.1) is 6.42 Å². The molecule has 2 rings (SSSR count). The topological polar surface area (TPSA) is 49.8 Å². The van der Waals surface area contributed by atoms with Crippen LogP contribution >= 0.6 is 0 Å². The molecule has 110 valence electrons. The van der Waals surface area contributed by atoms with Crippen molar-refractivity contribution in [1.82, 2.24) is 4.90 Å². The van der Waals surface area contributed by atoms with Crippen molar-refractivity contribution in [2.75, 3.05) is 19.6 Å². The first kappa shape index (κ1) is 14.7. The number of benzene rings is 1. The van der Waals surface area contributed by atoms with Gasteiger partial charge in [-0.15, -0.1) is 0 Å². The summed E-state index contributed by atoms with van der Waals surface area (Å²) < 4.78 is 31.5. The number of piperidine rings is 1. The summed E-state index contributed by atoms with van der Waals surface area (Å²) in [5.41, 5.74) is 0. The fourth-order valence-electron chi connectivity index (χ4n) is 2.31. The summed E-state index contributed by atoms with van der Waals surface area (Å²) in [5, 5.41) is 8.67. The van der Waals surface area contributed by atoms with Crippen molar-refractivity contribution in [3.63, 3.8) is 0 Å². The molecular weight excluding hydrogens is 268 g/mol. The zero-order chi connectivity index (χ0) is 14.5. The summed E-state index contributed by atoms with van der Waals surface area (Å²) in [6.07, 6.45) is 1.69. The maximum atomic E-state index is 13.1. The van der Waals surface area contributed by atoms with Crippen LogP contribution in [0.5, 0.6) is 5.75 Å². The Morgan fingerprint density at radius 3 is 2.90 bits per heavy atom. The fraction of sp³-hybridized carbons (Fsp3) is 0.500. The maximum absolute atomic E-state index is 13.1. The molecule has 0 saturated carbocycles. The Labute approximate surface area is 116 Å². The fourth-order valence-corrected chi connectivity index (χ4v) is 2.31. The molecule has 0 aromatic heterocycles. The molecule has 1 heterocycles. The second-order valence-electron chi connectivity index (χ2n) is 4.90. The molecule has 0 aliphatic carbocycles. The van der Waals surface area contributed by atoms with E-state index in [1.165, 1.54) is 6.07 Å². The Morgan fingerprint density at radius 1 is 1.40 bits per heavy atom. The van der Waals surface area contributed by atoms with Crippen LogP contribution in [0.15, 0.2) is 18.2 Å². The number of hydrogen-bond donors (Lipinski definition) is 1. The molecule has 0 radical (unpaired) electrons. The first-order valence-corrected chi connectivity index (χ1v) is 6.60. The summed E-state index contributed by atoms with van der Waals surface area (Å²) in [7, 11) is 0. The zero-order valence-corrected chi connectivity index (χ0v) is 11.0. The van der Waals surface area contributed by atoms with E-state index in [9.17, 15) is 13.6 Å². The number of carboxylic acids is 1. The SMILES string of the molecule is O=C(O)CCN1CCCC(Oc2ccc(F)c(F)c2)C1. The van der Waals surface area contributed by atoms with Crippen molar-refractivity contribution in [2.24, 2.45) is 0 Å². The molecule has 1 fully saturated rings. The molecule has 1 aliphatic rings. The Bertz CT molecular complexity index is 481. The van der Waals surface area contributed by atoms with Gasteiger partial charge in [-0.1, -0.05) is 0 Å². The predicted octanol–water partition coefficient (Wildman–Crippen LogP) is 2.28. The second-order valence-corrected chi connectivity index (χ2v) is 4.90. The van der Waals surface area contributed by atoms with Crippen molar-refractivity contribution in [3.05, 3.63) is 29.8 Å². The lowest BCUT2D eigenvalue weighted by atomic mass is 10.1. The number of nitrogens with zero attached hydrogens (tertiary/aromatic N) is 1. The third kappa shape index (κ3) is 4.16. The Morgan fingerprint density at radius 2 is 2.20 bits per heavy atom. The number of ether oxygens (including phenoxy) is 1. The van der Waals surface area contributed by atoms with Crippen molar-refractivity contribution in [2.45, 2.75) is 25.4 Å². The van der Waals surface area contributed by atoms with Gasteiger partial charge in [0.25, 0.3) is 0 Å². The largest absolute Gasteiger partial charge is 0.489 e. The summed E-state index contributed by atoms with van der Waals surface area (Å²) in [4.78, 5) is 12.6. The van der Waals surface area contributed by atoms with E-state index < -0.39 is 17.6 Å². The van der Waals surface area contributed by atoms with Crippen LogP contribution in [-0.2, 0) is 4.79 Å². The summed E-state index contributed by atoms with van der Waals surface area (Å²) >= 11 is 0.